The van der Waals surface area contributed by atoms with E-state index in [1.807, 2.05) is 0 Å². The predicted molar refractivity (Wildman–Crippen MR) is 210 cm³/mol. The van der Waals surface area contributed by atoms with Crippen LogP contribution in [0.1, 0.15) is 161 Å². The van der Waals surface area contributed by atoms with Gasteiger partial charge in [0.25, 0.3) is 0 Å². The molecule has 0 spiro atoms. The highest BCUT2D eigenvalue weighted by Crippen LogP contribution is 2.37. The van der Waals surface area contributed by atoms with Crippen LogP contribution in [0.2, 0.25) is 0 Å². The molecule has 51 heavy (non-hydrogen) atoms. The van der Waals surface area contributed by atoms with Crippen LogP contribution in [-0.4, -0.2) is 24.3 Å². The average Bonchev–Trinajstić information content (AvgIpc) is 3.04. The first-order valence-corrected chi connectivity index (χ1v) is 17.0. The lowest BCUT2D eigenvalue weighted by atomic mass is 9.80. The Bertz CT molecular complexity index is 1360. The molecule has 2 saturated carbocycles. The van der Waals surface area contributed by atoms with Gasteiger partial charge in [-0.2, -0.15) is 8.78 Å². The molecule has 0 N–H and O–H groups in total. The quantitative estimate of drug-likeness (QED) is 0.227. The van der Waals surface area contributed by atoms with Gasteiger partial charge in [-0.1, -0.05) is 84.1 Å². The molecule has 2 fully saturated rings. The summed E-state index contributed by atoms with van der Waals surface area (Å²) in [6, 6.07) is 3.31. The zero-order chi connectivity index (χ0) is 32.2. The number of halogens is 4. The second-order valence-electron chi connectivity index (χ2n) is 14.1. The maximum absolute atomic E-state index is 14.1. The molecular formula is C43H76F4O4. The standard InChI is InChI=1S/C19H26F2O.C18H22F2O3.6CH4.2H2/c1-12-3-5-14(6-4-12)7-9-16-10-8-15-11-13(2)17(20)18(21)19(15)22-16;1-10-3-6-13(7-4-10)22-18(21)14-8-5-12-9-11(2)15(19)16(20)17(12)23-14;;;;;;;;/h11-12,14,16H,3-10H2,1-2H3;9-10,13-14H,3-8H2,1-2H3;6*1H4;2*1H. The van der Waals surface area contributed by atoms with Crippen LogP contribution < -0.4 is 9.47 Å². The lowest BCUT2D eigenvalue weighted by molar-refractivity contribution is -0.160. The van der Waals surface area contributed by atoms with Gasteiger partial charge in [-0.25, -0.2) is 13.6 Å². The predicted octanol–water partition coefficient (Wildman–Crippen LogP) is 14.0. The fourth-order valence-electron chi connectivity index (χ4n) is 7.26. The molecule has 2 heterocycles. The van der Waals surface area contributed by atoms with Crippen molar-refractivity contribution in [1.82, 2.24) is 0 Å². The number of carbonyl (C=O) groups is 1. The van der Waals surface area contributed by atoms with Gasteiger partial charge in [0.1, 0.15) is 6.10 Å². The van der Waals surface area contributed by atoms with Gasteiger partial charge in [-0.05, 0) is 130 Å². The van der Waals surface area contributed by atoms with Crippen molar-refractivity contribution in [3.8, 4) is 11.5 Å². The Morgan fingerprint density at radius 3 is 1.61 bits per heavy atom. The van der Waals surface area contributed by atoms with Crippen molar-refractivity contribution < 1.29 is 39.4 Å². The molecule has 0 saturated heterocycles. The minimum atomic E-state index is -1.01. The number of aryl methyl sites for hydroxylation is 4. The van der Waals surface area contributed by atoms with Gasteiger partial charge >= 0.3 is 5.97 Å². The van der Waals surface area contributed by atoms with Crippen LogP contribution in [-0.2, 0) is 22.4 Å². The number of ether oxygens (including phenoxy) is 3. The molecular weight excluding hydrogens is 656 g/mol. The van der Waals surface area contributed by atoms with Crippen LogP contribution in [0.15, 0.2) is 12.1 Å². The van der Waals surface area contributed by atoms with Crippen molar-refractivity contribution in [2.45, 2.75) is 180 Å². The van der Waals surface area contributed by atoms with Gasteiger partial charge in [-0.15, -0.1) is 0 Å². The van der Waals surface area contributed by atoms with E-state index in [9.17, 15) is 22.4 Å². The molecule has 2 unspecified atom stereocenters. The highest BCUT2D eigenvalue weighted by molar-refractivity contribution is 5.76. The number of carbonyl (C=O) groups excluding carboxylic acids is 1. The molecule has 4 aliphatic rings. The number of benzene rings is 2. The van der Waals surface area contributed by atoms with E-state index in [0.717, 1.165) is 68.8 Å². The number of hydrogen-bond acceptors (Lipinski definition) is 4. The van der Waals surface area contributed by atoms with Crippen LogP contribution in [0.3, 0.4) is 0 Å². The van der Waals surface area contributed by atoms with E-state index < -0.39 is 35.3 Å². The van der Waals surface area contributed by atoms with Crippen LogP contribution in [0, 0.1) is 54.9 Å². The first-order chi connectivity index (χ1) is 21.5. The zero-order valence-electron chi connectivity index (χ0n) is 27.2. The Morgan fingerprint density at radius 2 is 1.10 bits per heavy atom. The largest absolute Gasteiger partial charge is 0.487 e. The molecule has 4 nitrogen and oxygen atoms in total. The van der Waals surface area contributed by atoms with Gasteiger partial charge in [0.05, 0.1) is 6.10 Å². The van der Waals surface area contributed by atoms with Crippen molar-refractivity contribution in [2.75, 3.05) is 0 Å². The minimum Gasteiger partial charge on any atom is -0.487 e. The number of rotatable bonds is 5. The monoisotopic (exact) mass is 733 g/mol. The molecule has 300 valence electrons. The third-order valence-corrected chi connectivity index (χ3v) is 10.3. The van der Waals surface area contributed by atoms with Gasteiger partial charge < -0.3 is 14.2 Å². The summed E-state index contributed by atoms with van der Waals surface area (Å²) in [5.74, 6) is -1.60. The molecule has 2 atom stereocenters. The Hall–Kier alpha value is -2.77. The van der Waals surface area contributed by atoms with E-state index >= 15 is 0 Å². The highest BCUT2D eigenvalue weighted by atomic mass is 19.2. The number of esters is 1. The third kappa shape index (κ3) is 12.4. The minimum absolute atomic E-state index is 0. The Morgan fingerprint density at radius 1 is 0.647 bits per heavy atom. The molecule has 0 bridgehead atoms. The second-order valence-corrected chi connectivity index (χ2v) is 14.1. The maximum atomic E-state index is 14.1. The molecule has 0 amide bonds. The van der Waals surface area contributed by atoms with Crippen molar-refractivity contribution in [3.05, 3.63) is 57.7 Å². The Kier molecular flexibility index (Phi) is 22.0. The topological polar surface area (TPSA) is 44.8 Å². The van der Waals surface area contributed by atoms with Crippen molar-refractivity contribution in [2.24, 2.45) is 17.8 Å². The van der Waals surface area contributed by atoms with E-state index in [1.165, 1.54) is 32.6 Å². The SMILES string of the molecule is C.C.C.C.C.C.Cc1cc2c(c(F)c1F)OC(C(=O)OC1CCC(C)CC1)CC2.Cc1cc2c(c(F)c1F)OC(CCC1CCC(C)CC1)CC2.[HH].[HH]. The summed E-state index contributed by atoms with van der Waals surface area (Å²) in [5.41, 5.74) is 2.05. The van der Waals surface area contributed by atoms with Crippen molar-refractivity contribution in [1.29, 1.82) is 0 Å². The van der Waals surface area contributed by atoms with E-state index in [4.69, 9.17) is 14.2 Å². The van der Waals surface area contributed by atoms with Crippen LogP contribution in [0.5, 0.6) is 11.5 Å². The smallest absolute Gasteiger partial charge is 0.347 e. The third-order valence-electron chi connectivity index (χ3n) is 10.3. The summed E-state index contributed by atoms with van der Waals surface area (Å²) >= 11 is 0. The first-order valence-electron chi connectivity index (χ1n) is 17.0. The number of fused-ring (bicyclic) bond motifs is 2. The van der Waals surface area contributed by atoms with Gasteiger partial charge in [0, 0.05) is 2.85 Å². The van der Waals surface area contributed by atoms with Crippen molar-refractivity contribution in [3.63, 3.8) is 0 Å². The molecule has 0 aromatic heterocycles. The summed E-state index contributed by atoms with van der Waals surface area (Å²) in [5, 5.41) is 0. The molecule has 2 aliphatic carbocycles. The summed E-state index contributed by atoms with van der Waals surface area (Å²) in [7, 11) is 0. The van der Waals surface area contributed by atoms with Crippen LogP contribution in [0.4, 0.5) is 17.6 Å². The van der Waals surface area contributed by atoms with E-state index in [-0.39, 0.29) is 76.7 Å². The van der Waals surface area contributed by atoms with Crippen LogP contribution >= 0.6 is 0 Å². The zero-order valence-corrected chi connectivity index (χ0v) is 27.2. The second kappa shape index (κ2) is 22.3. The summed E-state index contributed by atoms with van der Waals surface area (Å²) in [6.07, 6.45) is 13.0. The van der Waals surface area contributed by atoms with Gasteiger partial charge in [-0.3, -0.25) is 0 Å². The lowest BCUT2D eigenvalue weighted by Gasteiger charge is -2.30. The number of hydrogen-bond donors (Lipinski definition) is 0. The van der Waals surface area contributed by atoms with Crippen LogP contribution in [0.25, 0.3) is 0 Å². The fourth-order valence-corrected chi connectivity index (χ4v) is 7.26. The van der Waals surface area contributed by atoms with Gasteiger partial charge in [0.2, 0.25) is 11.6 Å². The normalized spacial score (nSPS) is 24.3. The van der Waals surface area contributed by atoms with E-state index in [1.54, 1.807) is 19.1 Å². The molecule has 0 radical (unpaired) electrons. The maximum Gasteiger partial charge on any atom is 0.347 e. The van der Waals surface area contributed by atoms with E-state index in [2.05, 4.69) is 13.8 Å². The molecule has 2 aliphatic heterocycles. The average molecular weight is 733 g/mol. The highest BCUT2D eigenvalue weighted by Gasteiger charge is 2.33. The summed E-state index contributed by atoms with van der Waals surface area (Å²) in [4.78, 5) is 12.3. The summed E-state index contributed by atoms with van der Waals surface area (Å²) in [6.45, 7) is 7.65. The van der Waals surface area contributed by atoms with Gasteiger partial charge in [0.15, 0.2) is 29.2 Å². The fraction of sp³-hybridized carbons (Fsp3) is 0.698. The van der Waals surface area contributed by atoms with Crippen molar-refractivity contribution >= 4 is 5.97 Å². The molecule has 2 aromatic carbocycles. The Labute approximate surface area is 312 Å². The molecule has 6 rings (SSSR count). The summed E-state index contributed by atoms with van der Waals surface area (Å²) < 4.78 is 72.2. The molecule has 2 aromatic rings. The lowest BCUT2D eigenvalue weighted by Crippen LogP contribution is -2.36. The first kappa shape index (κ1) is 50.3. The van der Waals surface area contributed by atoms with E-state index in [0.29, 0.717) is 29.9 Å². The molecule has 8 heteroatoms. The Balaban J connectivity index is -0.000000394.